The predicted octanol–water partition coefficient (Wildman–Crippen LogP) is 4.49. The molecule has 1 aromatic carbocycles. The van der Waals surface area contributed by atoms with Gasteiger partial charge >= 0.3 is 0 Å². The number of halogens is 1. The summed E-state index contributed by atoms with van der Waals surface area (Å²) in [5, 5.41) is 4.31. The van der Waals surface area contributed by atoms with Gasteiger partial charge in [0.05, 0.1) is 10.7 Å². The summed E-state index contributed by atoms with van der Waals surface area (Å²) in [6, 6.07) is 4.36. The fourth-order valence-electron chi connectivity index (χ4n) is 3.19. The Morgan fingerprint density at radius 1 is 1.20 bits per heavy atom. The third-order valence-corrected chi connectivity index (χ3v) is 4.66. The summed E-state index contributed by atoms with van der Waals surface area (Å²) in [6.07, 6.45) is 6.40. The van der Waals surface area contributed by atoms with Crippen molar-refractivity contribution in [3.05, 3.63) is 17.2 Å². The number of anilines is 1. The van der Waals surface area contributed by atoms with Crippen molar-refractivity contribution >= 4 is 17.3 Å². The first-order valence-corrected chi connectivity index (χ1v) is 7.99. The van der Waals surface area contributed by atoms with Crippen molar-refractivity contribution in [3.63, 3.8) is 0 Å². The van der Waals surface area contributed by atoms with E-state index in [1.807, 2.05) is 12.1 Å². The summed E-state index contributed by atoms with van der Waals surface area (Å²) < 4.78 is 11.2. The van der Waals surface area contributed by atoms with E-state index in [9.17, 15) is 0 Å². The van der Waals surface area contributed by atoms with Gasteiger partial charge in [0.2, 0.25) is 0 Å². The van der Waals surface area contributed by atoms with E-state index in [1.54, 1.807) is 0 Å². The Hall–Kier alpha value is -1.09. The molecule has 3 nitrogen and oxygen atoms in total. The van der Waals surface area contributed by atoms with Crippen molar-refractivity contribution in [1.29, 1.82) is 0 Å². The fourth-order valence-corrected chi connectivity index (χ4v) is 3.40. The third-order valence-electron chi connectivity index (χ3n) is 4.35. The van der Waals surface area contributed by atoms with Crippen molar-refractivity contribution in [2.45, 2.75) is 45.1 Å². The second-order valence-corrected chi connectivity index (χ2v) is 6.17. The maximum atomic E-state index is 6.35. The molecule has 0 bridgehead atoms. The van der Waals surface area contributed by atoms with Gasteiger partial charge in [0.1, 0.15) is 13.2 Å². The average Bonchev–Trinajstić information content (AvgIpc) is 2.48. The molecule has 1 fully saturated rings. The van der Waals surface area contributed by atoms with Crippen LogP contribution in [0.3, 0.4) is 0 Å². The van der Waals surface area contributed by atoms with Gasteiger partial charge in [0, 0.05) is 18.2 Å². The van der Waals surface area contributed by atoms with E-state index in [-0.39, 0.29) is 0 Å². The minimum absolute atomic E-state index is 0.522. The molecule has 1 aliphatic carbocycles. The van der Waals surface area contributed by atoms with Gasteiger partial charge in [0.15, 0.2) is 11.5 Å². The molecule has 2 atom stereocenters. The monoisotopic (exact) mass is 295 g/mol. The van der Waals surface area contributed by atoms with Crippen LogP contribution in [0.5, 0.6) is 11.5 Å². The molecule has 1 aliphatic heterocycles. The summed E-state index contributed by atoms with van der Waals surface area (Å²) in [6.45, 7) is 3.48. The molecule has 3 rings (SSSR count). The molecule has 2 unspecified atom stereocenters. The molecule has 0 spiro atoms. The van der Waals surface area contributed by atoms with E-state index in [0.29, 0.717) is 24.3 Å². The second kappa shape index (κ2) is 6.13. The van der Waals surface area contributed by atoms with Crippen molar-refractivity contribution < 1.29 is 9.47 Å². The zero-order chi connectivity index (χ0) is 13.9. The maximum absolute atomic E-state index is 6.35. The van der Waals surface area contributed by atoms with Crippen LogP contribution in [0.25, 0.3) is 0 Å². The van der Waals surface area contributed by atoms with E-state index < -0.39 is 0 Å². The summed E-state index contributed by atoms with van der Waals surface area (Å²) in [5.74, 6) is 2.39. The molecule has 1 N–H and O–H groups in total. The number of ether oxygens (including phenoxy) is 2. The molecular formula is C16H22ClNO2. The quantitative estimate of drug-likeness (QED) is 0.891. The van der Waals surface area contributed by atoms with E-state index >= 15 is 0 Å². The Bertz CT molecular complexity index is 478. The van der Waals surface area contributed by atoms with Crippen LogP contribution in [-0.4, -0.2) is 19.3 Å². The molecule has 20 heavy (non-hydrogen) atoms. The number of hydrogen-bond acceptors (Lipinski definition) is 3. The van der Waals surface area contributed by atoms with E-state index in [0.717, 1.165) is 23.1 Å². The molecule has 1 saturated carbocycles. The van der Waals surface area contributed by atoms with E-state index in [1.165, 1.54) is 32.1 Å². The Balaban J connectivity index is 1.73. The highest BCUT2D eigenvalue weighted by Crippen LogP contribution is 2.39. The molecular weight excluding hydrogens is 274 g/mol. The van der Waals surface area contributed by atoms with Gasteiger partial charge < -0.3 is 14.8 Å². The highest BCUT2D eigenvalue weighted by molar-refractivity contribution is 6.33. The minimum atomic E-state index is 0.522. The Morgan fingerprint density at radius 2 is 1.95 bits per heavy atom. The highest BCUT2D eigenvalue weighted by Gasteiger charge is 2.22. The van der Waals surface area contributed by atoms with Gasteiger partial charge in [-0.15, -0.1) is 0 Å². The van der Waals surface area contributed by atoms with Crippen LogP contribution >= 0.6 is 11.6 Å². The van der Waals surface area contributed by atoms with Crippen molar-refractivity contribution in [3.8, 4) is 11.5 Å². The number of benzene rings is 1. The van der Waals surface area contributed by atoms with Gasteiger partial charge in [-0.25, -0.2) is 0 Å². The number of rotatable bonds is 3. The van der Waals surface area contributed by atoms with Crippen LogP contribution in [0.4, 0.5) is 5.69 Å². The third kappa shape index (κ3) is 2.98. The molecule has 1 heterocycles. The first-order valence-electron chi connectivity index (χ1n) is 7.62. The summed E-state index contributed by atoms with van der Waals surface area (Å²) in [7, 11) is 0. The van der Waals surface area contributed by atoms with Crippen LogP contribution in [0, 0.1) is 5.92 Å². The standard InChI is InChI=1S/C16H22ClNO2/c1-2-11-4-3-5-12(8-11)18-14-10-16-15(9-13(14)17)19-6-7-20-16/h9-12,18H,2-8H2,1H3. The van der Waals surface area contributed by atoms with E-state index in [2.05, 4.69) is 12.2 Å². The van der Waals surface area contributed by atoms with Gasteiger partial charge in [-0.1, -0.05) is 37.8 Å². The fraction of sp³-hybridized carbons (Fsp3) is 0.625. The summed E-state index contributed by atoms with van der Waals surface area (Å²) in [5.41, 5.74) is 0.970. The number of fused-ring (bicyclic) bond motifs is 1. The topological polar surface area (TPSA) is 30.5 Å². The van der Waals surface area contributed by atoms with Gasteiger partial charge in [-0.05, 0) is 18.8 Å². The maximum Gasteiger partial charge on any atom is 0.163 e. The van der Waals surface area contributed by atoms with Gasteiger partial charge in [-0.3, -0.25) is 0 Å². The molecule has 4 heteroatoms. The Morgan fingerprint density at radius 3 is 2.70 bits per heavy atom. The smallest absolute Gasteiger partial charge is 0.163 e. The van der Waals surface area contributed by atoms with Crippen LogP contribution in [0.1, 0.15) is 39.0 Å². The van der Waals surface area contributed by atoms with Crippen LogP contribution < -0.4 is 14.8 Å². The predicted molar refractivity (Wildman–Crippen MR) is 82.1 cm³/mol. The van der Waals surface area contributed by atoms with Crippen molar-refractivity contribution in [1.82, 2.24) is 0 Å². The van der Waals surface area contributed by atoms with Crippen LogP contribution in [-0.2, 0) is 0 Å². The molecule has 0 aromatic heterocycles. The average molecular weight is 296 g/mol. The lowest BCUT2D eigenvalue weighted by atomic mass is 9.84. The second-order valence-electron chi connectivity index (χ2n) is 5.76. The largest absolute Gasteiger partial charge is 0.486 e. The summed E-state index contributed by atoms with van der Waals surface area (Å²) in [4.78, 5) is 0. The minimum Gasteiger partial charge on any atom is -0.486 e. The Labute approximate surface area is 125 Å². The van der Waals surface area contributed by atoms with Crippen molar-refractivity contribution in [2.75, 3.05) is 18.5 Å². The number of nitrogens with one attached hydrogen (secondary N) is 1. The van der Waals surface area contributed by atoms with Crippen molar-refractivity contribution in [2.24, 2.45) is 5.92 Å². The SMILES string of the molecule is CCC1CCCC(Nc2cc3c(cc2Cl)OCCO3)C1. The van der Waals surface area contributed by atoms with Crippen LogP contribution in [0.2, 0.25) is 5.02 Å². The molecule has 0 amide bonds. The first-order chi connectivity index (χ1) is 9.76. The summed E-state index contributed by atoms with van der Waals surface area (Å²) >= 11 is 6.35. The van der Waals surface area contributed by atoms with E-state index in [4.69, 9.17) is 21.1 Å². The molecule has 1 aromatic rings. The lowest BCUT2D eigenvalue weighted by Crippen LogP contribution is -2.27. The molecule has 2 aliphatic rings. The lowest BCUT2D eigenvalue weighted by molar-refractivity contribution is 0.171. The molecule has 110 valence electrons. The lowest BCUT2D eigenvalue weighted by Gasteiger charge is -2.30. The zero-order valence-electron chi connectivity index (χ0n) is 12.0. The highest BCUT2D eigenvalue weighted by atomic mass is 35.5. The Kier molecular flexibility index (Phi) is 4.25. The number of hydrogen-bond donors (Lipinski definition) is 1. The van der Waals surface area contributed by atoms with Gasteiger partial charge in [-0.2, -0.15) is 0 Å². The first kappa shape index (κ1) is 13.9. The van der Waals surface area contributed by atoms with Gasteiger partial charge in [0.25, 0.3) is 0 Å². The van der Waals surface area contributed by atoms with Crippen LogP contribution in [0.15, 0.2) is 12.1 Å². The zero-order valence-corrected chi connectivity index (χ0v) is 12.7. The normalized spacial score (nSPS) is 25.3. The molecule has 0 saturated heterocycles. The molecule has 0 radical (unpaired) electrons.